The minimum atomic E-state index is -0.151. The Labute approximate surface area is 109 Å². The highest BCUT2D eigenvalue weighted by Crippen LogP contribution is 2.25. The minimum Gasteiger partial charge on any atom is -0.356 e. The van der Waals surface area contributed by atoms with Crippen LogP contribution in [-0.4, -0.2) is 23.1 Å². The summed E-state index contributed by atoms with van der Waals surface area (Å²) in [5.41, 5.74) is 0.598. The third kappa shape index (κ3) is 1.99. The predicted molar refractivity (Wildman–Crippen MR) is 72.1 cm³/mol. The fourth-order valence-electron chi connectivity index (χ4n) is 1.93. The number of halogens is 1. The van der Waals surface area contributed by atoms with Gasteiger partial charge in [-0.1, -0.05) is 23.7 Å². The Bertz CT molecular complexity index is 634. The molecular weight excluding hydrogens is 250 g/mol. The molecule has 1 aliphatic heterocycles. The average Bonchev–Trinajstić information content (AvgIpc) is 2.26. The molecule has 92 valence electrons. The van der Waals surface area contributed by atoms with E-state index in [2.05, 4.69) is 14.9 Å². The van der Waals surface area contributed by atoms with Crippen molar-refractivity contribution in [3.05, 3.63) is 45.7 Å². The second kappa shape index (κ2) is 4.46. The Hall–Kier alpha value is -1.81. The number of aromatic amines is 1. The maximum atomic E-state index is 11.7. The lowest BCUT2D eigenvalue weighted by Gasteiger charge is -2.31. The van der Waals surface area contributed by atoms with Gasteiger partial charge in [-0.2, -0.15) is 0 Å². The third-order valence-electron chi connectivity index (χ3n) is 3.04. The minimum absolute atomic E-state index is 0.151. The number of benzene rings is 1. The molecule has 0 unspecified atom stereocenters. The van der Waals surface area contributed by atoms with Crippen molar-refractivity contribution in [3.63, 3.8) is 0 Å². The largest absolute Gasteiger partial charge is 0.356 e. The van der Waals surface area contributed by atoms with Crippen LogP contribution in [0.3, 0.4) is 0 Å². The summed E-state index contributed by atoms with van der Waals surface area (Å²) < 4.78 is 0. The standard InChI is InChI=1S/C13H12ClN3O/c14-10-5-2-1-4-9(10)13-15-11(8-12(18)16-13)17-6-3-7-17/h1-2,4-5,8H,3,6-7H2,(H,15,16,18). The van der Waals surface area contributed by atoms with E-state index in [0.29, 0.717) is 10.8 Å². The van der Waals surface area contributed by atoms with Gasteiger partial charge in [0, 0.05) is 24.7 Å². The van der Waals surface area contributed by atoms with Crippen LogP contribution >= 0.6 is 11.6 Å². The molecule has 0 saturated carbocycles. The van der Waals surface area contributed by atoms with Crippen molar-refractivity contribution in [1.82, 2.24) is 9.97 Å². The van der Waals surface area contributed by atoms with Gasteiger partial charge < -0.3 is 9.88 Å². The highest BCUT2D eigenvalue weighted by Gasteiger charge is 2.17. The molecule has 4 nitrogen and oxygen atoms in total. The van der Waals surface area contributed by atoms with Gasteiger partial charge in [-0.3, -0.25) is 4.79 Å². The third-order valence-corrected chi connectivity index (χ3v) is 3.37. The van der Waals surface area contributed by atoms with Gasteiger partial charge in [0.15, 0.2) is 0 Å². The summed E-state index contributed by atoms with van der Waals surface area (Å²) in [6.07, 6.45) is 1.15. The van der Waals surface area contributed by atoms with Crippen LogP contribution in [0.1, 0.15) is 6.42 Å². The molecule has 1 saturated heterocycles. The van der Waals surface area contributed by atoms with Gasteiger partial charge >= 0.3 is 0 Å². The summed E-state index contributed by atoms with van der Waals surface area (Å²) in [5, 5.41) is 0.585. The molecule has 1 fully saturated rings. The van der Waals surface area contributed by atoms with Crippen molar-refractivity contribution in [2.45, 2.75) is 6.42 Å². The maximum absolute atomic E-state index is 11.7. The summed E-state index contributed by atoms with van der Waals surface area (Å²) in [6.45, 7) is 1.91. The second-order valence-corrected chi connectivity index (χ2v) is 4.68. The smallest absolute Gasteiger partial charge is 0.253 e. The van der Waals surface area contributed by atoms with Crippen LogP contribution in [0, 0.1) is 0 Å². The lowest BCUT2D eigenvalue weighted by atomic mass is 10.2. The number of hydrogen-bond donors (Lipinski definition) is 1. The maximum Gasteiger partial charge on any atom is 0.253 e. The van der Waals surface area contributed by atoms with Gasteiger partial charge in [-0.25, -0.2) is 4.98 Å². The Balaban J connectivity index is 2.09. The van der Waals surface area contributed by atoms with E-state index in [1.54, 1.807) is 6.07 Å². The SMILES string of the molecule is O=c1cc(N2CCC2)nc(-c2ccccc2Cl)[nH]1. The van der Waals surface area contributed by atoms with Crippen molar-refractivity contribution in [3.8, 4) is 11.4 Å². The number of nitrogens with zero attached hydrogens (tertiary/aromatic N) is 2. The predicted octanol–water partition coefficient (Wildman–Crippen LogP) is 2.30. The molecule has 0 bridgehead atoms. The van der Waals surface area contributed by atoms with E-state index >= 15 is 0 Å². The van der Waals surface area contributed by atoms with E-state index in [4.69, 9.17) is 11.6 Å². The van der Waals surface area contributed by atoms with Gasteiger partial charge in [-0.15, -0.1) is 0 Å². The van der Waals surface area contributed by atoms with Crippen LogP contribution in [0.25, 0.3) is 11.4 Å². The molecule has 1 N–H and O–H groups in total. The molecule has 2 aromatic rings. The molecule has 18 heavy (non-hydrogen) atoms. The molecule has 2 heterocycles. The van der Waals surface area contributed by atoms with Crippen LogP contribution in [-0.2, 0) is 0 Å². The van der Waals surface area contributed by atoms with Gasteiger partial charge in [0.05, 0.1) is 5.02 Å². The van der Waals surface area contributed by atoms with Crippen LogP contribution in [0.2, 0.25) is 5.02 Å². The molecule has 0 aliphatic carbocycles. The quantitative estimate of drug-likeness (QED) is 0.902. The number of hydrogen-bond acceptors (Lipinski definition) is 3. The van der Waals surface area contributed by atoms with Crippen LogP contribution in [0.15, 0.2) is 35.1 Å². The van der Waals surface area contributed by atoms with Gasteiger partial charge in [0.25, 0.3) is 5.56 Å². The highest BCUT2D eigenvalue weighted by molar-refractivity contribution is 6.33. The number of H-pyrrole nitrogens is 1. The summed E-state index contributed by atoms with van der Waals surface area (Å²) in [6, 6.07) is 8.88. The van der Waals surface area contributed by atoms with E-state index in [-0.39, 0.29) is 5.56 Å². The molecule has 5 heteroatoms. The molecular formula is C13H12ClN3O. The summed E-state index contributed by atoms with van der Waals surface area (Å²) in [7, 11) is 0. The van der Waals surface area contributed by atoms with E-state index < -0.39 is 0 Å². The first-order chi connectivity index (χ1) is 8.74. The van der Waals surface area contributed by atoms with Crippen LogP contribution in [0.4, 0.5) is 5.82 Å². The molecule has 1 aromatic heterocycles. The molecule has 0 atom stereocenters. The number of rotatable bonds is 2. The van der Waals surface area contributed by atoms with E-state index in [0.717, 1.165) is 30.9 Å². The molecule has 1 aliphatic rings. The van der Waals surface area contributed by atoms with Crippen LogP contribution < -0.4 is 10.5 Å². The lowest BCUT2D eigenvalue weighted by molar-refractivity contribution is 0.609. The Morgan fingerprint density at radius 2 is 2.06 bits per heavy atom. The fraction of sp³-hybridized carbons (Fsp3) is 0.231. The van der Waals surface area contributed by atoms with E-state index in [9.17, 15) is 4.79 Å². The molecule has 3 rings (SSSR count). The number of nitrogens with one attached hydrogen (secondary N) is 1. The first kappa shape index (κ1) is 11.3. The summed E-state index contributed by atoms with van der Waals surface area (Å²) in [4.78, 5) is 21.0. The summed E-state index contributed by atoms with van der Waals surface area (Å²) >= 11 is 6.12. The first-order valence-corrected chi connectivity index (χ1v) is 6.23. The zero-order chi connectivity index (χ0) is 12.5. The normalized spacial score (nSPS) is 14.4. The van der Waals surface area contributed by atoms with Crippen molar-refractivity contribution in [2.75, 3.05) is 18.0 Å². The zero-order valence-electron chi connectivity index (χ0n) is 9.69. The van der Waals surface area contributed by atoms with E-state index in [1.807, 2.05) is 18.2 Å². The highest BCUT2D eigenvalue weighted by atomic mass is 35.5. The van der Waals surface area contributed by atoms with Crippen molar-refractivity contribution < 1.29 is 0 Å². The molecule has 0 radical (unpaired) electrons. The zero-order valence-corrected chi connectivity index (χ0v) is 10.4. The fourth-order valence-corrected chi connectivity index (χ4v) is 2.16. The molecule has 0 amide bonds. The van der Waals surface area contributed by atoms with Gasteiger partial charge in [0.2, 0.25) is 0 Å². The summed E-state index contributed by atoms with van der Waals surface area (Å²) in [5.74, 6) is 1.25. The monoisotopic (exact) mass is 261 g/mol. The Morgan fingerprint density at radius 3 is 2.72 bits per heavy atom. The molecule has 1 aromatic carbocycles. The topological polar surface area (TPSA) is 49.0 Å². The first-order valence-electron chi connectivity index (χ1n) is 5.85. The second-order valence-electron chi connectivity index (χ2n) is 4.27. The van der Waals surface area contributed by atoms with Crippen LogP contribution in [0.5, 0.6) is 0 Å². The van der Waals surface area contributed by atoms with Crippen molar-refractivity contribution in [1.29, 1.82) is 0 Å². The number of anilines is 1. The Kier molecular flexibility index (Phi) is 2.80. The van der Waals surface area contributed by atoms with Crippen molar-refractivity contribution in [2.24, 2.45) is 0 Å². The lowest BCUT2D eigenvalue weighted by Crippen LogP contribution is -2.38. The van der Waals surface area contributed by atoms with E-state index in [1.165, 1.54) is 6.07 Å². The van der Waals surface area contributed by atoms with Gasteiger partial charge in [-0.05, 0) is 18.6 Å². The molecule has 0 spiro atoms. The van der Waals surface area contributed by atoms with Gasteiger partial charge in [0.1, 0.15) is 11.6 Å². The van der Waals surface area contributed by atoms with Crippen molar-refractivity contribution >= 4 is 17.4 Å². The average molecular weight is 262 g/mol. The number of aromatic nitrogens is 2. The Morgan fingerprint density at radius 1 is 1.28 bits per heavy atom.